The van der Waals surface area contributed by atoms with E-state index in [2.05, 4.69) is 19.6 Å². The van der Waals surface area contributed by atoms with E-state index in [1.165, 1.54) is 24.6 Å². The van der Waals surface area contributed by atoms with Crippen molar-refractivity contribution in [2.45, 2.75) is 82.6 Å². The normalized spacial score (nSPS) is 17.4. The number of rotatable bonds is 14. The first-order valence-corrected chi connectivity index (χ1v) is 12.0. The summed E-state index contributed by atoms with van der Waals surface area (Å²) in [4.78, 5) is 11.9. The molecule has 1 heterocycles. The lowest BCUT2D eigenvalue weighted by Crippen LogP contribution is -2.55. The van der Waals surface area contributed by atoms with Crippen LogP contribution in [-0.4, -0.2) is 38.8 Å². The van der Waals surface area contributed by atoms with Crippen molar-refractivity contribution in [1.82, 2.24) is 0 Å². The third-order valence-electron chi connectivity index (χ3n) is 5.49. The molecule has 1 fully saturated rings. The van der Waals surface area contributed by atoms with Gasteiger partial charge >= 0.3 is 5.97 Å². The lowest BCUT2D eigenvalue weighted by molar-refractivity contribution is -0.159. The second-order valence-corrected chi connectivity index (χ2v) is 10.3. The van der Waals surface area contributed by atoms with Crippen LogP contribution < -0.4 is 5.73 Å². The number of allylic oxidation sites excluding steroid dienone is 1. The molecule has 0 aliphatic heterocycles. The van der Waals surface area contributed by atoms with Gasteiger partial charge < -0.3 is 20.4 Å². The number of aryl methyl sites for hydroxylation is 1. The van der Waals surface area contributed by atoms with Crippen LogP contribution in [0.1, 0.15) is 76.4 Å². The summed E-state index contributed by atoms with van der Waals surface area (Å²) < 4.78 is 6.06. The van der Waals surface area contributed by atoms with E-state index in [-0.39, 0.29) is 6.42 Å². The minimum atomic E-state index is -2.07. The Labute approximate surface area is 184 Å². The van der Waals surface area contributed by atoms with Crippen LogP contribution in [0.2, 0.25) is 0 Å². The fourth-order valence-corrected chi connectivity index (χ4v) is 4.18. The summed E-state index contributed by atoms with van der Waals surface area (Å²) >= 11 is 1.53. The summed E-state index contributed by atoms with van der Waals surface area (Å²) in [5.41, 5.74) is 5.34. The molecule has 1 saturated carbocycles. The number of hydrogen-bond donors (Lipinski definition) is 3. The van der Waals surface area contributed by atoms with Gasteiger partial charge in [-0.3, -0.25) is 0 Å². The van der Waals surface area contributed by atoms with Gasteiger partial charge in [0.2, 0.25) is 0 Å². The smallest absolute Gasteiger partial charge is 0.337 e. The first-order valence-electron chi connectivity index (χ1n) is 11.0. The summed E-state index contributed by atoms with van der Waals surface area (Å²) in [7, 11) is 0. The highest BCUT2D eigenvalue weighted by molar-refractivity contribution is 7.99. The average Bonchev–Trinajstić information content (AvgIpc) is 3.43. The van der Waals surface area contributed by atoms with Crippen molar-refractivity contribution in [2.24, 2.45) is 11.7 Å². The Morgan fingerprint density at radius 3 is 2.73 bits per heavy atom. The van der Waals surface area contributed by atoms with E-state index in [1.54, 1.807) is 0 Å². The van der Waals surface area contributed by atoms with E-state index in [4.69, 9.17) is 10.2 Å². The standard InChI is InChI=1S/C24H37NO4S/c1-5-6-7-8-21-20(13-19(29-21)12-11-18-9-10-18)17(4)14-24(28,23(26)27)22(25)15-30-16(2)3/h7-8,13,16,18,22,28H,4-6,9-12,14-15,25H2,1-3H3,(H,26,27)/b8-7-/t22?,24-/m1/s1. The molecule has 168 valence electrons. The monoisotopic (exact) mass is 435 g/mol. The summed E-state index contributed by atoms with van der Waals surface area (Å²) in [6.07, 6.45) is 10.4. The van der Waals surface area contributed by atoms with E-state index >= 15 is 0 Å². The van der Waals surface area contributed by atoms with Gasteiger partial charge in [0.1, 0.15) is 11.5 Å². The number of aliphatic carboxylic acids is 1. The number of carbonyl (C=O) groups is 1. The van der Waals surface area contributed by atoms with Crippen LogP contribution in [0.5, 0.6) is 0 Å². The van der Waals surface area contributed by atoms with Gasteiger partial charge in [-0.2, -0.15) is 11.8 Å². The molecule has 2 atom stereocenters. The van der Waals surface area contributed by atoms with Crippen LogP contribution in [0.15, 0.2) is 23.1 Å². The highest BCUT2D eigenvalue weighted by Crippen LogP contribution is 2.36. The topological polar surface area (TPSA) is 96.7 Å². The molecule has 0 radical (unpaired) electrons. The van der Waals surface area contributed by atoms with Crippen molar-refractivity contribution in [3.63, 3.8) is 0 Å². The Kier molecular flexibility index (Phi) is 9.26. The number of thioether (sulfide) groups is 1. The molecular weight excluding hydrogens is 398 g/mol. The first-order chi connectivity index (χ1) is 14.2. The first kappa shape index (κ1) is 24.8. The number of unbranched alkanes of at least 4 members (excludes halogenated alkanes) is 1. The van der Waals surface area contributed by atoms with Crippen LogP contribution in [0, 0.1) is 5.92 Å². The molecule has 1 aromatic heterocycles. The minimum Gasteiger partial charge on any atom is -0.479 e. The third kappa shape index (κ3) is 7.03. The summed E-state index contributed by atoms with van der Waals surface area (Å²) in [5, 5.41) is 21.0. The lowest BCUT2D eigenvalue weighted by atomic mass is 9.86. The number of carboxylic acid groups (broad SMARTS) is 1. The van der Waals surface area contributed by atoms with Crippen molar-refractivity contribution in [2.75, 3.05) is 5.75 Å². The largest absolute Gasteiger partial charge is 0.479 e. The van der Waals surface area contributed by atoms with E-state index < -0.39 is 17.6 Å². The summed E-state index contributed by atoms with van der Waals surface area (Å²) in [5.74, 6) is 1.40. The quantitative estimate of drug-likeness (QED) is 0.375. The predicted octanol–water partition coefficient (Wildman–Crippen LogP) is 5.12. The molecule has 1 aliphatic rings. The Morgan fingerprint density at radius 2 is 2.17 bits per heavy atom. The second-order valence-electron chi connectivity index (χ2n) is 8.66. The molecule has 1 aliphatic carbocycles. The van der Waals surface area contributed by atoms with Gasteiger partial charge in [0.25, 0.3) is 0 Å². The maximum Gasteiger partial charge on any atom is 0.337 e. The van der Waals surface area contributed by atoms with Gasteiger partial charge in [0.05, 0.1) is 6.04 Å². The number of furan rings is 1. The fourth-order valence-electron chi connectivity index (χ4n) is 3.31. The zero-order valence-corrected chi connectivity index (χ0v) is 19.3. The molecule has 0 saturated heterocycles. The highest BCUT2D eigenvalue weighted by atomic mass is 32.2. The Bertz CT molecular complexity index is 750. The molecule has 0 amide bonds. The molecular formula is C24H37NO4S. The Balaban J connectivity index is 2.20. The molecule has 0 bridgehead atoms. The van der Waals surface area contributed by atoms with Gasteiger partial charge in [-0.15, -0.1) is 0 Å². The van der Waals surface area contributed by atoms with Crippen molar-refractivity contribution < 1.29 is 19.4 Å². The molecule has 1 aromatic rings. The fraction of sp³-hybridized carbons (Fsp3) is 0.625. The second kappa shape index (κ2) is 11.2. The number of aliphatic hydroxyl groups is 1. The molecule has 30 heavy (non-hydrogen) atoms. The maximum absolute atomic E-state index is 11.9. The number of hydrogen-bond acceptors (Lipinski definition) is 5. The van der Waals surface area contributed by atoms with Gasteiger partial charge in [0, 0.05) is 24.2 Å². The SMILES string of the molecule is C=C(C[C@](O)(C(=O)O)C(N)CSC(C)C)c1cc(CCC2CC2)oc1/C=C\CCC. The van der Waals surface area contributed by atoms with Gasteiger partial charge in [-0.25, -0.2) is 4.79 Å². The number of nitrogens with two attached hydrogens (primary N) is 1. The molecule has 4 N–H and O–H groups in total. The zero-order valence-electron chi connectivity index (χ0n) is 18.5. The van der Waals surface area contributed by atoms with Gasteiger partial charge in [-0.05, 0) is 41.7 Å². The molecule has 5 nitrogen and oxygen atoms in total. The van der Waals surface area contributed by atoms with Crippen molar-refractivity contribution in [3.05, 3.63) is 35.8 Å². The molecule has 6 heteroatoms. The van der Waals surface area contributed by atoms with Gasteiger partial charge in [0.15, 0.2) is 5.60 Å². The minimum absolute atomic E-state index is 0.141. The number of carboxylic acids is 1. The Hall–Kier alpha value is -1.50. The molecule has 0 aromatic carbocycles. The van der Waals surface area contributed by atoms with Crippen molar-refractivity contribution >= 4 is 29.4 Å². The van der Waals surface area contributed by atoms with Crippen LogP contribution in [-0.2, 0) is 11.2 Å². The Morgan fingerprint density at radius 1 is 1.47 bits per heavy atom. The molecule has 2 rings (SSSR count). The van der Waals surface area contributed by atoms with E-state index in [1.807, 2.05) is 26.0 Å². The third-order valence-corrected chi connectivity index (χ3v) is 6.71. The maximum atomic E-state index is 11.9. The highest BCUT2D eigenvalue weighted by Gasteiger charge is 2.43. The van der Waals surface area contributed by atoms with Crippen LogP contribution in [0.25, 0.3) is 11.6 Å². The van der Waals surface area contributed by atoms with E-state index in [0.29, 0.717) is 22.3 Å². The van der Waals surface area contributed by atoms with Crippen molar-refractivity contribution in [3.8, 4) is 0 Å². The predicted molar refractivity (Wildman–Crippen MR) is 126 cm³/mol. The van der Waals surface area contributed by atoms with E-state index in [9.17, 15) is 15.0 Å². The van der Waals surface area contributed by atoms with E-state index in [0.717, 1.165) is 42.9 Å². The van der Waals surface area contributed by atoms with Gasteiger partial charge in [-0.1, -0.05) is 52.7 Å². The van der Waals surface area contributed by atoms with Crippen LogP contribution >= 0.6 is 11.8 Å². The van der Waals surface area contributed by atoms with Crippen LogP contribution in [0.3, 0.4) is 0 Å². The zero-order chi connectivity index (χ0) is 22.3. The molecule has 1 unspecified atom stereocenters. The van der Waals surface area contributed by atoms with Crippen molar-refractivity contribution in [1.29, 1.82) is 0 Å². The average molecular weight is 436 g/mol. The molecule has 0 spiro atoms. The lowest BCUT2D eigenvalue weighted by Gasteiger charge is -2.30. The van der Waals surface area contributed by atoms with Crippen LogP contribution in [0.4, 0.5) is 0 Å². The summed E-state index contributed by atoms with van der Waals surface area (Å²) in [6.45, 7) is 10.2. The summed E-state index contributed by atoms with van der Waals surface area (Å²) in [6, 6.07) is 1.05.